The number of benzene rings is 2. The molecule has 2 aromatic carbocycles. The SMILES string of the molecule is CCOC(=O)C1=C(CSc2nccc(-c3ccc(F)cc3)n2)N(CC)C(=O)N[C@@H]1c1ccccc1. The molecule has 3 aromatic rings. The molecule has 0 spiro atoms. The molecular weight excluding hydrogens is 467 g/mol. The van der Waals surface area contributed by atoms with E-state index < -0.39 is 12.0 Å². The summed E-state index contributed by atoms with van der Waals surface area (Å²) in [6.07, 6.45) is 1.63. The first kappa shape index (κ1) is 24.4. The summed E-state index contributed by atoms with van der Waals surface area (Å²) < 4.78 is 18.7. The number of nitrogens with one attached hydrogen (secondary N) is 1. The molecule has 9 heteroatoms. The van der Waals surface area contributed by atoms with Crippen molar-refractivity contribution in [2.75, 3.05) is 18.9 Å². The predicted octanol–water partition coefficient (Wildman–Crippen LogP) is 4.98. The van der Waals surface area contributed by atoms with Gasteiger partial charge < -0.3 is 10.1 Å². The van der Waals surface area contributed by atoms with Crippen LogP contribution in [0.25, 0.3) is 11.3 Å². The Morgan fingerprint density at radius 2 is 1.86 bits per heavy atom. The Morgan fingerprint density at radius 3 is 2.54 bits per heavy atom. The van der Waals surface area contributed by atoms with Crippen LogP contribution in [0.5, 0.6) is 0 Å². The fourth-order valence-electron chi connectivity index (χ4n) is 3.86. The van der Waals surface area contributed by atoms with Crippen LogP contribution in [0.3, 0.4) is 0 Å². The third kappa shape index (κ3) is 5.51. The van der Waals surface area contributed by atoms with Crippen LogP contribution in [0.2, 0.25) is 0 Å². The van der Waals surface area contributed by atoms with E-state index in [4.69, 9.17) is 4.74 Å². The second kappa shape index (κ2) is 11.1. The van der Waals surface area contributed by atoms with Crippen molar-refractivity contribution in [3.05, 3.63) is 89.5 Å². The summed E-state index contributed by atoms with van der Waals surface area (Å²) in [6.45, 7) is 4.19. The van der Waals surface area contributed by atoms with Gasteiger partial charge in [0, 0.05) is 29.8 Å². The van der Waals surface area contributed by atoms with Crippen molar-refractivity contribution >= 4 is 23.8 Å². The average molecular weight is 493 g/mol. The maximum absolute atomic E-state index is 13.3. The van der Waals surface area contributed by atoms with E-state index in [9.17, 15) is 14.0 Å². The number of hydrogen-bond donors (Lipinski definition) is 1. The molecule has 2 heterocycles. The Hall–Kier alpha value is -3.72. The van der Waals surface area contributed by atoms with Crippen LogP contribution in [0.4, 0.5) is 9.18 Å². The number of halogens is 1. The van der Waals surface area contributed by atoms with Gasteiger partial charge in [-0.25, -0.2) is 23.9 Å². The molecule has 180 valence electrons. The van der Waals surface area contributed by atoms with Gasteiger partial charge in [-0.05, 0) is 49.7 Å². The average Bonchev–Trinajstić information content (AvgIpc) is 2.88. The predicted molar refractivity (Wildman–Crippen MR) is 132 cm³/mol. The normalized spacial score (nSPS) is 15.7. The zero-order valence-corrected chi connectivity index (χ0v) is 20.2. The Kier molecular flexibility index (Phi) is 7.77. The number of urea groups is 1. The number of ether oxygens (including phenoxy) is 1. The van der Waals surface area contributed by atoms with Crippen molar-refractivity contribution in [2.24, 2.45) is 0 Å². The molecule has 0 aliphatic carbocycles. The van der Waals surface area contributed by atoms with Crippen LogP contribution in [0, 0.1) is 5.82 Å². The molecule has 7 nitrogen and oxygen atoms in total. The second-order valence-corrected chi connectivity index (χ2v) is 8.58. The number of carbonyl (C=O) groups excluding carboxylic acids is 2. The smallest absolute Gasteiger partial charge is 0.338 e. The first-order valence-electron chi connectivity index (χ1n) is 11.3. The highest BCUT2D eigenvalue weighted by Gasteiger charge is 2.37. The van der Waals surface area contributed by atoms with E-state index in [-0.39, 0.29) is 24.2 Å². The zero-order valence-electron chi connectivity index (χ0n) is 19.4. The van der Waals surface area contributed by atoms with Gasteiger partial charge in [-0.15, -0.1) is 0 Å². The van der Waals surface area contributed by atoms with Crippen molar-refractivity contribution in [2.45, 2.75) is 25.0 Å². The van der Waals surface area contributed by atoms with E-state index in [0.29, 0.717) is 28.7 Å². The minimum Gasteiger partial charge on any atom is -0.463 e. The first-order chi connectivity index (χ1) is 17.0. The van der Waals surface area contributed by atoms with Crippen molar-refractivity contribution in [3.63, 3.8) is 0 Å². The lowest BCUT2D eigenvalue weighted by atomic mass is 9.95. The van der Waals surface area contributed by atoms with Gasteiger partial charge in [0.25, 0.3) is 0 Å². The number of esters is 1. The molecule has 0 saturated heterocycles. The van der Waals surface area contributed by atoms with Crippen LogP contribution in [0.15, 0.2) is 83.3 Å². The molecule has 1 atom stereocenters. The van der Waals surface area contributed by atoms with Crippen LogP contribution >= 0.6 is 11.8 Å². The maximum Gasteiger partial charge on any atom is 0.338 e. The lowest BCUT2D eigenvalue weighted by Gasteiger charge is -2.36. The summed E-state index contributed by atoms with van der Waals surface area (Å²) in [6, 6.07) is 16.2. The molecule has 1 aliphatic heterocycles. The number of nitrogens with zero attached hydrogens (tertiary/aromatic N) is 3. The highest BCUT2D eigenvalue weighted by Crippen LogP contribution is 2.34. The van der Waals surface area contributed by atoms with Crippen molar-refractivity contribution < 1.29 is 18.7 Å². The van der Waals surface area contributed by atoms with E-state index in [1.807, 2.05) is 37.3 Å². The zero-order chi connectivity index (χ0) is 24.8. The second-order valence-electron chi connectivity index (χ2n) is 7.64. The number of thioether (sulfide) groups is 1. The summed E-state index contributed by atoms with van der Waals surface area (Å²) in [4.78, 5) is 36.6. The Bertz CT molecular complexity index is 1230. The van der Waals surface area contributed by atoms with Gasteiger partial charge in [0.1, 0.15) is 5.82 Å². The first-order valence-corrected chi connectivity index (χ1v) is 12.2. The van der Waals surface area contributed by atoms with Crippen LogP contribution in [0.1, 0.15) is 25.5 Å². The minimum atomic E-state index is -0.632. The van der Waals surface area contributed by atoms with Gasteiger partial charge in [-0.2, -0.15) is 0 Å². The molecule has 1 aliphatic rings. The Morgan fingerprint density at radius 1 is 1.11 bits per heavy atom. The molecule has 2 amide bonds. The topological polar surface area (TPSA) is 84.4 Å². The quantitative estimate of drug-likeness (QED) is 0.271. The number of hydrogen-bond acceptors (Lipinski definition) is 6. The van der Waals surface area contributed by atoms with E-state index in [1.54, 1.807) is 36.2 Å². The number of amides is 2. The lowest BCUT2D eigenvalue weighted by molar-refractivity contribution is -0.139. The van der Waals surface area contributed by atoms with Crippen LogP contribution < -0.4 is 5.32 Å². The van der Waals surface area contributed by atoms with E-state index in [0.717, 1.165) is 11.1 Å². The van der Waals surface area contributed by atoms with Gasteiger partial charge in [-0.1, -0.05) is 42.1 Å². The monoisotopic (exact) mass is 492 g/mol. The van der Waals surface area contributed by atoms with Crippen molar-refractivity contribution in [1.29, 1.82) is 0 Å². The molecule has 0 saturated carbocycles. The molecule has 1 N–H and O–H groups in total. The minimum absolute atomic E-state index is 0.215. The third-order valence-corrected chi connectivity index (χ3v) is 6.37. The Labute approximate surface area is 207 Å². The molecule has 35 heavy (non-hydrogen) atoms. The van der Waals surface area contributed by atoms with Gasteiger partial charge in [0.2, 0.25) is 0 Å². The van der Waals surface area contributed by atoms with Gasteiger partial charge in [-0.3, -0.25) is 4.90 Å². The van der Waals surface area contributed by atoms with Crippen LogP contribution in [-0.2, 0) is 9.53 Å². The molecule has 0 unspecified atom stereocenters. The fourth-order valence-corrected chi connectivity index (χ4v) is 4.74. The summed E-state index contributed by atoms with van der Waals surface area (Å²) in [5.41, 5.74) is 3.15. The molecule has 4 rings (SSSR count). The summed E-state index contributed by atoms with van der Waals surface area (Å²) in [5.74, 6) is -0.513. The number of aromatic nitrogens is 2. The third-order valence-electron chi connectivity index (χ3n) is 5.49. The molecule has 0 radical (unpaired) electrons. The lowest BCUT2D eigenvalue weighted by Crippen LogP contribution is -2.49. The molecular formula is C26H25FN4O3S. The molecule has 0 fully saturated rings. The van der Waals surface area contributed by atoms with Gasteiger partial charge in [0.05, 0.1) is 23.9 Å². The van der Waals surface area contributed by atoms with Crippen molar-refractivity contribution in [3.8, 4) is 11.3 Å². The summed E-state index contributed by atoms with van der Waals surface area (Å²) in [5, 5.41) is 3.42. The largest absolute Gasteiger partial charge is 0.463 e. The van der Waals surface area contributed by atoms with E-state index >= 15 is 0 Å². The van der Waals surface area contributed by atoms with E-state index in [1.165, 1.54) is 23.9 Å². The molecule has 1 aromatic heterocycles. The molecule has 0 bridgehead atoms. The van der Waals surface area contributed by atoms with Crippen molar-refractivity contribution in [1.82, 2.24) is 20.2 Å². The van der Waals surface area contributed by atoms with Gasteiger partial charge >= 0.3 is 12.0 Å². The van der Waals surface area contributed by atoms with Crippen LogP contribution in [-0.4, -0.2) is 45.8 Å². The standard InChI is InChI=1S/C26H25FN4O3S/c1-3-31-21(16-35-25-28-15-14-20(29-25)17-10-12-19(27)13-11-17)22(24(32)34-4-2)23(30-26(31)33)18-8-6-5-7-9-18/h5-15,23H,3-4,16H2,1-2H3,(H,30,33)/t23-/m1/s1. The highest BCUT2D eigenvalue weighted by atomic mass is 32.2. The number of rotatable bonds is 8. The summed E-state index contributed by atoms with van der Waals surface area (Å²) >= 11 is 1.31. The highest BCUT2D eigenvalue weighted by molar-refractivity contribution is 7.99. The maximum atomic E-state index is 13.3. The van der Waals surface area contributed by atoms with Gasteiger partial charge in [0.15, 0.2) is 5.16 Å². The summed E-state index contributed by atoms with van der Waals surface area (Å²) in [7, 11) is 0. The number of carbonyl (C=O) groups is 2. The fraction of sp³-hybridized carbons (Fsp3) is 0.231. The van der Waals surface area contributed by atoms with E-state index in [2.05, 4.69) is 15.3 Å². The Balaban J connectivity index is 1.69.